The van der Waals surface area contributed by atoms with Gasteiger partial charge in [0, 0.05) is 17.0 Å². The maximum absolute atomic E-state index is 12.1. The van der Waals surface area contributed by atoms with E-state index in [1.165, 1.54) is 4.88 Å². The maximum Gasteiger partial charge on any atom is 0.323 e. The highest BCUT2D eigenvalue weighted by Gasteiger charge is 2.30. The number of carbonyl (C=O) groups is 1. The van der Waals surface area contributed by atoms with Crippen LogP contribution in [0.15, 0.2) is 11.4 Å². The quantitative estimate of drug-likeness (QED) is 0.682. The lowest BCUT2D eigenvalue weighted by atomic mass is 10.0. The van der Waals surface area contributed by atoms with Crippen LogP contribution in [0.1, 0.15) is 36.6 Å². The van der Waals surface area contributed by atoms with Gasteiger partial charge in [-0.25, -0.2) is 0 Å². The van der Waals surface area contributed by atoms with E-state index in [1.807, 2.05) is 18.4 Å². The number of thiophene rings is 1. The molecule has 1 atom stereocenters. The normalized spacial score (nSPS) is 18.9. The topological polar surface area (TPSA) is 55.6 Å². The smallest absolute Gasteiger partial charge is 0.323 e. The van der Waals surface area contributed by atoms with E-state index in [1.54, 1.807) is 11.3 Å². The van der Waals surface area contributed by atoms with E-state index in [4.69, 9.17) is 10.5 Å². The van der Waals surface area contributed by atoms with Crippen molar-refractivity contribution in [2.24, 2.45) is 5.73 Å². The summed E-state index contributed by atoms with van der Waals surface area (Å²) in [6.45, 7) is 4.35. The van der Waals surface area contributed by atoms with Gasteiger partial charge in [-0.3, -0.25) is 9.69 Å². The van der Waals surface area contributed by atoms with Gasteiger partial charge in [-0.2, -0.15) is 0 Å². The highest BCUT2D eigenvalue weighted by molar-refractivity contribution is 7.10. The predicted molar refractivity (Wildman–Crippen MR) is 84.9 cm³/mol. The molecule has 4 nitrogen and oxygen atoms in total. The molecule has 2 N–H and O–H groups in total. The van der Waals surface area contributed by atoms with Crippen LogP contribution in [0.5, 0.6) is 0 Å². The first kappa shape index (κ1) is 16.0. The molecule has 0 radical (unpaired) electrons. The van der Waals surface area contributed by atoms with Gasteiger partial charge in [-0.15, -0.1) is 11.3 Å². The van der Waals surface area contributed by atoms with Crippen molar-refractivity contribution < 1.29 is 9.53 Å². The summed E-state index contributed by atoms with van der Waals surface area (Å²) in [4.78, 5) is 15.5. The first-order valence-corrected chi connectivity index (χ1v) is 8.30. The molecule has 0 aromatic carbocycles. The van der Waals surface area contributed by atoms with E-state index >= 15 is 0 Å². The van der Waals surface area contributed by atoms with Crippen LogP contribution in [-0.2, 0) is 16.1 Å². The largest absolute Gasteiger partial charge is 0.465 e. The van der Waals surface area contributed by atoms with Crippen molar-refractivity contribution in [3.05, 3.63) is 21.9 Å². The molecule has 0 saturated carbocycles. The van der Waals surface area contributed by atoms with Crippen LogP contribution in [0.2, 0.25) is 0 Å². The number of nitrogens with two attached hydrogens (primary N) is 1. The van der Waals surface area contributed by atoms with Gasteiger partial charge >= 0.3 is 5.97 Å². The summed E-state index contributed by atoms with van der Waals surface area (Å²) in [5.74, 6) is 5.91. The second-order valence-electron chi connectivity index (χ2n) is 5.00. The maximum atomic E-state index is 12.1. The van der Waals surface area contributed by atoms with Crippen molar-refractivity contribution in [2.45, 2.75) is 38.8 Å². The zero-order valence-corrected chi connectivity index (χ0v) is 13.2. The Morgan fingerprint density at radius 3 is 3.19 bits per heavy atom. The Hall–Kier alpha value is -1.35. The minimum Gasteiger partial charge on any atom is -0.465 e. The Morgan fingerprint density at radius 2 is 2.43 bits per heavy atom. The molecular weight excluding hydrogens is 284 g/mol. The van der Waals surface area contributed by atoms with Crippen LogP contribution >= 0.6 is 11.3 Å². The van der Waals surface area contributed by atoms with Gasteiger partial charge in [0.05, 0.1) is 13.2 Å². The number of rotatable bonds is 4. The molecule has 5 heteroatoms. The van der Waals surface area contributed by atoms with E-state index in [-0.39, 0.29) is 12.0 Å². The third kappa shape index (κ3) is 4.31. The summed E-state index contributed by atoms with van der Waals surface area (Å²) >= 11 is 1.68. The summed E-state index contributed by atoms with van der Waals surface area (Å²) in [5.41, 5.74) is 6.46. The van der Waals surface area contributed by atoms with Crippen LogP contribution in [0.4, 0.5) is 0 Å². The molecule has 0 spiro atoms. The minimum atomic E-state index is -0.115. The second kappa shape index (κ2) is 8.18. The average Bonchev–Trinajstić information content (AvgIpc) is 2.93. The zero-order chi connectivity index (χ0) is 15.1. The molecule has 1 fully saturated rings. The molecule has 2 rings (SSSR count). The Kier molecular flexibility index (Phi) is 6.24. The van der Waals surface area contributed by atoms with E-state index in [2.05, 4.69) is 16.7 Å². The van der Waals surface area contributed by atoms with Gasteiger partial charge in [-0.1, -0.05) is 18.3 Å². The van der Waals surface area contributed by atoms with Gasteiger partial charge < -0.3 is 10.5 Å². The van der Waals surface area contributed by atoms with Crippen LogP contribution in [0, 0.1) is 11.8 Å². The molecule has 2 heterocycles. The number of nitrogens with zero attached hydrogens (tertiary/aromatic N) is 1. The lowest BCUT2D eigenvalue weighted by molar-refractivity contribution is -0.151. The highest BCUT2D eigenvalue weighted by atomic mass is 32.1. The van der Waals surface area contributed by atoms with Gasteiger partial charge in [0.25, 0.3) is 0 Å². The first-order chi connectivity index (χ1) is 10.3. The van der Waals surface area contributed by atoms with Gasteiger partial charge in [-0.05, 0) is 37.8 Å². The zero-order valence-electron chi connectivity index (χ0n) is 12.4. The third-order valence-electron chi connectivity index (χ3n) is 3.59. The summed E-state index contributed by atoms with van der Waals surface area (Å²) in [6, 6.07) is 1.91. The molecule has 0 bridgehead atoms. The minimum absolute atomic E-state index is 0.0941. The molecule has 21 heavy (non-hydrogen) atoms. The predicted octanol–water partition coefficient (Wildman–Crippen LogP) is 1.98. The molecule has 0 amide bonds. The van der Waals surface area contributed by atoms with Gasteiger partial charge in [0.1, 0.15) is 6.04 Å². The number of ether oxygens (including phenoxy) is 1. The molecule has 1 aromatic heterocycles. The molecule has 1 aromatic rings. The summed E-state index contributed by atoms with van der Waals surface area (Å²) in [6.07, 6.45) is 3.10. The van der Waals surface area contributed by atoms with Crippen LogP contribution in [0.3, 0.4) is 0 Å². The molecular formula is C16H22N2O2S. The number of likely N-dealkylation sites (tertiary alicyclic amines) is 1. The standard InChI is InChI=1S/C16H22N2O2S/c1-2-20-16(19)14-7-3-4-10-18(14)12-15-13(6-5-9-17)8-11-21-15/h8,11,14H,2-4,7,9-10,12,17H2,1H3. The van der Waals surface area contributed by atoms with Crippen LogP contribution in [-0.4, -0.2) is 36.6 Å². The van der Waals surface area contributed by atoms with Crippen molar-refractivity contribution in [3.63, 3.8) is 0 Å². The van der Waals surface area contributed by atoms with E-state index in [9.17, 15) is 4.79 Å². The van der Waals surface area contributed by atoms with Crippen LogP contribution < -0.4 is 5.73 Å². The number of piperidine rings is 1. The Morgan fingerprint density at radius 1 is 1.57 bits per heavy atom. The Balaban J connectivity index is 2.09. The lowest BCUT2D eigenvalue weighted by Gasteiger charge is -2.33. The van der Waals surface area contributed by atoms with Gasteiger partial charge in [0.15, 0.2) is 0 Å². The number of esters is 1. The first-order valence-electron chi connectivity index (χ1n) is 7.42. The number of hydrogen-bond donors (Lipinski definition) is 1. The molecule has 0 aliphatic carbocycles. The van der Waals surface area contributed by atoms with Crippen molar-refractivity contribution >= 4 is 17.3 Å². The number of hydrogen-bond acceptors (Lipinski definition) is 5. The highest BCUT2D eigenvalue weighted by Crippen LogP contribution is 2.24. The monoisotopic (exact) mass is 306 g/mol. The van der Waals surface area contributed by atoms with Crippen molar-refractivity contribution in [1.29, 1.82) is 0 Å². The summed E-state index contributed by atoms with van der Waals surface area (Å²) < 4.78 is 5.20. The fourth-order valence-corrected chi connectivity index (χ4v) is 3.45. The van der Waals surface area contributed by atoms with Crippen LogP contribution in [0.25, 0.3) is 0 Å². The summed E-state index contributed by atoms with van der Waals surface area (Å²) in [5, 5.41) is 2.04. The van der Waals surface area contributed by atoms with Crippen molar-refractivity contribution in [2.75, 3.05) is 19.7 Å². The van der Waals surface area contributed by atoms with Gasteiger partial charge in [0.2, 0.25) is 0 Å². The average molecular weight is 306 g/mol. The fraction of sp³-hybridized carbons (Fsp3) is 0.562. The lowest BCUT2D eigenvalue weighted by Crippen LogP contribution is -2.44. The van der Waals surface area contributed by atoms with Crippen molar-refractivity contribution in [1.82, 2.24) is 4.90 Å². The molecule has 1 aliphatic heterocycles. The third-order valence-corrected chi connectivity index (χ3v) is 4.50. The van der Waals surface area contributed by atoms with E-state index in [0.717, 1.165) is 37.9 Å². The molecule has 1 saturated heterocycles. The molecule has 114 valence electrons. The Bertz CT molecular complexity index is 530. The summed E-state index contributed by atoms with van der Waals surface area (Å²) in [7, 11) is 0. The molecule has 1 unspecified atom stereocenters. The molecule has 1 aliphatic rings. The Labute approximate surface area is 130 Å². The second-order valence-corrected chi connectivity index (χ2v) is 6.00. The van der Waals surface area contributed by atoms with E-state index < -0.39 is 0 Å². The van der Waals surface area contributed by atoms with E-state index in [0.29, 0.717) is 13.2 Å². The fourth-order valence-electron chi connectivity index (χ4n) is 2.59. The number of carbonyl (C=O) groups excluding carboxylic acids is 1. The SMILES string of the molecule is CCOC(=O)C1CCCCN1Cc1sccc1C#CCN. The van der Waals surface area contributed by atoms with Crippen molar-refractivity contribution in [3.8, 4) is 11.8 Å².